The van der Waals surface area contributed by atoms with Crippen molar-refractivity contribution < 1.29 is 17.9 Å². The third-order valence-electron chi connectivity index (χ3n) is 3.87. The zero-order valence-electron chi connectivity index (χ0n) is 12.2. The molecule has 0 aliphatic heterocycles. The number of nitrogens with one attached hydrogen (secondary N) is 1. The van der Waals surface area contributed by atoms with Gasteiger partial charge in [-0.15, -0.1) is 0 Å². The second kappa shape index (κ2) is 7.05. The molecule has 0 heterocycles. The van der Waals surface area contributed by atoms with Crippen LogP contribution in [0.2, 0.25) is 0 Å². The highest BCUT2D eigenvalue weighted by Crippen LogP contribution is 2.39. The van der Waals surface area contributed by atoms with Crippen LogP contribution in [0.15, 0.2) is 24.3 Å². The van der Waals surface area contributed by atoms with E-state index in [0.29, 0.717) is 19.4 Å². The van der Waals surface area contributed by atoms with Crippen LogP contribution in [-0.2, 0) is 0 Å². The minimum Gasteiger partial charge on any atom is -0.494 e. The van der Waals surface area contributed by atoms with Crippen LogP contribution in [0.1, 0.15) is 39.0 Å². The zero-order valence-corrected chi connectivity index (χ0v) is 12.2. The summed E-state index contributed by atoms with van der Waals surface area (Å²) in [7, 11) is 0. The van der Waals surface area contributed by atoms with Crippen molar-refractivity contribution in [2.75, 3.05) is 11.9 Å². The van der Waals surface area contributed by atoms with E-state index in [1.54, 1.807) is 24.3 Å². The Labute approximate surface area is 123 Å². The number of ether oxygens (including phenoxy) is 1. The molecule has 1 aliphatic carbocycles. The summed E-state index contributed by atoms with van der Waals surface area (Å²) in [5.74, 6) is -0.499. The van der Waals surface area contributed by atoms with E-state index in [1.807, 2.05) is 6.92 Å². The van der Waals surface area contributed by atoms with Gasteiger partial charge in [0.25, 0.3) is 0 Å². The van der Waals surface area contributed by atoms with Crippen molar-refractivity contribution in [3.8, 4) is 5.75 Å². The van der Waals surface area contributed by atoms with Gasteiger partial charge in [-0.1, -0.05) is 19.8 Å². The number of rotatable bonds is 5. The quantitative estimate of drug-likeness (QED) is 0.825. The molecule has 1 aliphatic rings. The van der Waals surface area contributed by atoms with Gasteiger partial charge in [0.05, 0.1) is 12.5 Å². The average Bonchev–Trinajstić information content (AvgIpc) is 2.46. The summed E-state index contributed by atoms with van der Waals surface area (Å²) in [4.78, 5) is 0. The number of alkyl halides is 3. The molecule has 0 radical (unpaired) electrons. The molecule has 1 saturated carbocycles. The van der Waals surface area contributed by atoms with E-state index < -0.39 is 18.1 Å². The molecule has 0 bridgehead atoms. The molecule has 118 valence electrons. The monoisotopic (exact) mass is 301 g/mol. The fourth-order valence-electron chi connectivity index (χ4n) is 2.78. The summed E-state index contributed by atoms with van der Waals surface area (Å²) in [6.45, 7) is 2.67. The molecule has 2 nitrogen and oxygen atoms in total. The first kappa shape index (κ1) is 16.0. The maximum absolute atomic E-state index is 13.0. The van der Waals surface area contributed by atoms with Crippen LogP contribution < -0.4 is 10.1 Å². The lowest BCUT2D eigenvalue weighted by Gasteiger charge is -2.34. The van der Waals surface area contributed by atoms with Gasteiger partial charge in [-0.05, 0) is 43.5 Å². The van der Waals surface area contributed by atoms with E-state index >= 15 is 0 Å². The normalized spacial score (nSPS) is 22.9. The van der Waals surface area contributed by atoms with E-state index in [0.717, 1.165) is 24.3 Å². The zero-order chi connectivity index (χ0) is 15.3. The molecule has 2 atom stereocenters. The molecule has 0 amide bonds. The Bertz CT molecular complexity index is 430. The highest BCUT2D eigenvalue weighted by molar-refractivity contribution is 5.47. The van der Waals surface area contributed by atoms with E-state index in [1.165, 1.54) is 0 Å². The third-order valence-corrected chi connectivity index (χ3v) is 3.87. The van der Waals surface area contributed by atoms with Crippen molar-refractivity contribution in [3.63, 3.8) is 0 Å². The van der Waals surface area contributed by atoms with Gasteiger partial charge in [-0.25, -0.2) is 0 Å². The van der Waals surface area contributed by atoms with Crippen molar-refractivity contribution in [1.29, 1.82) is 0 Å². The summed E-state index contributed by atoms with van der Waals surface area (Å²) >= 11 is 0. The first-order chi connectivity index (χ1) is 10.0. The summed E-state index contributed by atoms with van der Waals surface area (Å²) in [5.41, 5.74) is 0.722. The molecule has 1 aromatic rings. The van der Waals surface area contributed by atoms with Crippen LogP contribution in [0.4, 0.5) is 18.9 Å². The Morgan fingerprint density at radius 1 is 1.14 bits per heavy atom. The van der Waals surface area contributed by atoms with Gasteiger partial charge < -0.3 is 10.1 Å². The van der Waals surface area contributed by atoms with Crippen LogP contribution in [-0.4, -0.2) is 18.8 Å². The standard InChI is InChI=1S/C16H22F3NO/c1-2-11-21-13-9-7-12(8-10-13)20-15-6-4-3-5-14(15)16(17,18)19/h7-10,14-15,20H,2-6,11H2,1H3. The first-order valence-corrected chi connectivity index (χ1v) is 7.57. The molecular formula is C16H22F3NO. The number of hydrogen-bond donors (Lipinski definition) is 1. The molecule has 0 saturated heterocycles. The fourth-order valence-corrected chi connectivity index (χ4v) is 2.78. The number of benzene rings is 1. The van der Waals surface area contributed by atoms with Crippen LogP contribution in [0, 0.1) is 5.92 Å². The van der Waals surface area contributed by atoms with Crippen molar-refractivity contribution in [2.45, 2.75) is 51.2 Å². The molecule has 2 unspecified atom stereocenters. The number of hydrogen-bond acceptors (Lipinski definition) is 2. The molecule has 1 aromatic carbocycles. The molecule has 21 heavy (non-hydrogen) atoms. The van der Waals surface area contributed by atoms with Crippen molar-refractivity contribution >= 4 is 5.69 Å². The SMILES string of the molecule is CCCOc1ccc(NC2CCCCC2C(F)(F)F)cc1. The van der Waals surface area contributed by atoms with Gasteiger partial charge in [-0.2, -0.15) is 13.2 Å². The highest BCUT2D eigenvalue weighted by Gasteiger charge is 2.45. The van der Waals surface area contributed by atoms with Gasteiger partial charge >= 0.3 is 6.18 Å². The topological polar surface area (TPSA) is 21.3 Å². The summed E-state index contributed by atoms with van der Waals surface area (Å²) in [6, 6.07) is 6.63. The summed E-state index contributed by atoms with van der Waals surface area (Å²) < 4.78 is 44.6. The molecular weight excluding hydrogens is 279 g/mol. The van der Waals surface area contributed by atoms with Crippen molar-refractivity contribution in [2.24, 2.45) is 5.92 Å². The second-order valence-electron chi connectivity index (χ2n) is 5.56. The molecule has 0 aromatic heterocycles. The maximum atomic E-state index is 13.0. The van der Waals surface area contributed by atoms with Gasteiger partial charge in [0.1, 0.15) is 5.75 Å². The minimum atomic E-state index is -4.12. The van der Waals surface area contributed by atoms with Gasteiger partial charge in [0.15, 0.2) is 0 Å². The highest BCUT2D eigenvalue weighted by atomic mass is 19.4. The van der Waals surface area contributed by atoms with Gasteiger partial charge in [0, 0.05) is 11.7 Å². The van der Waals surface area contributed by atoms with E-state index in [-0.39, 0.29) is 6.42 Å². The predicted molar refractivity (Wildman–Crippen MR) is 77.7 cm³/mol. The Morgan fingerprint density at radius 3 is 2.43 bits per heavy atom. The van der Waals surface area contributed by atoms with Crippen molar-refractivity contribution in [1.82, 2.24) is 0 Å². The first-order valence-electron chi connectivity index (χ1n) is 7.57. The van der Waals surface area contributed by atoms with Crippen LogP contribution in [0.3, 0.4) is 0 Å². The largest absolute Gasteiger partial charge is 0.494 e. The van der Waals surface area contributed by atoms with Crippen LogP contribution in [0.25, 0.3) is 0 Å². The second-order valence-corrected chi connectivity index (χ2v) is 5.56. The Balaban J connectivity index is 1.98. The molecule has 2 rings (SSSR count). The lowest BCUT2D eigenvalue weighted by molar-refractivity contribution is -0.184. The third kappa shape index (κ3) is 4.55. The Morgan fingerprint density at radius 2 is 1.81 bits per heavy atom. The lowest BCUT2D eigenvalue weighted by Crippen LogP contribution is -2.41. The molecule has 5 heteroatoms. The maximum Gasteiger partial charge on any atom is 0.393 e. The number of halogens is 3. The molecule has 1 N–H and O–H groups in total. The van der Waals surface area contributed by atoms with Crippen LogP contribution >= 0.6 is 0 Å². The molecule has 0 spiro atoms. The molecule has 1 fully saturated rings. The minimum absolute atomic E-state index is 0.221. The smallest absolute Gasteiger partial charge is 0.393 e. The lowest BCUT2D eigenvalue weighted by atomic mass is 9.84. The Hall–Kier alpha value is -1.39. The van der Waals surface area contributed by atoms with E-state index in [9.17, 15) is 13.2 Å². The van der Waals surface area contributed by atoms with Crippen LogP contribution in [0.5, 0.6) is 5.75 Å². The van der Waals surface area contributed by atoms with Gasteiger partial charge in [-0.3, -0.25) is 0 Å². The Kier molecular flexibility index (Phi) is 5.37. The summed E-state index contributed by atoms with van der Waals surface area (Å²) in [6.07, 6.45) is -0.900. The fraction of sp³-hybridized carbons (Fsp3) is 0.625. The van der Waals surface area contributed by atoms with Gasteiger partial charge in [0.2, 0.25) is 0 Å². The average molecular weight is 301 g/mol. The van der Waals surface area contributed by atoms with E-state index in [2.05, 4.69) is 5.32 Å². The predicted octanol–water partition coefficient (Wildman–Crippen LogP) is 5.01. The summed E-state index contributed by atoms with van der Waals surface area (Å²) in [5, 5.41) is 3.05. The van der Waals surface area contributed by atoms with Crippen molar-refractivity contribution in [3.05, 3.63) is 24.3 Å². The number of anilines is 1. The van der Waals surface area contributed by atoms with E-state index in [4.69, 9.17) is 4.74 Å².